The van der Waals surface area contributed by atoms with Crippen molar-refractivity contribution in [3.8, 4) is 11.5 Å². The minimum absolute atomic E-state index is 0.0244. The molecule has 4 aromatic rings. The Bertz CT molecular complexity index is 1410. The third kappa shape index (κ3) is 6.52. The smallest absolute Gasteiger partial charge is 0.343 e. The predicted molar refractivity (Wildman–Crippen MR) is 138 cm³/mol. The molecular formula is C28H19BrN2O5. The molecule has 0 fully saturated rings. The van der Waals surface area contributed by atoms with Crippen LogP contribution in [0.25, 0.3) is 0 Å². The second kappa shape index (κ2) is 11.7. The molecule has 1 amide bonds. The van der Waals surface area contributed by atoms with Gasteiger partial charge in [0, 0.05) is 10.0 Å². The normalized spacial score (nSPS) is 10.6. The Hall–Kier alpha value is -4.56. The highest BCUT2D eigenvalue weighted by molar-refractivity contribution is 9.10. The van der Waals surface area contributed by atoms with Crippen molar-refractivity contribution in [2.75, 3.05) is 0 Å². The number of carbonyl (C=O) groups is 3. The van der Waals surface area contributed by atoms with Crippen molar-refractivity contribution in [3.63, 3.8) is 0 Å². The second-order valence-corrected chi connectivity index (χ2v) is 8.34. The SMILES string of the molecule is O=C(N/N=C/c1ccc(OC(=O)c2ccccc2)c(OC(=O)c2ccccc2)c1)c1ccc(Br)cc1. The van der Waals surface area contributed by atoms with Crippen molar-refractivity contribution >= 4 is 40.0 Å². The first-order chi connectivity index (χ1) is 17.5. The maximum absolute atomic E-state index is 12.7. The van der Waals surface area contributed by atoms with E-state index in [1.165, 1.54) is 18.3 Å². The molecular weight excluding hydrogens is 524 g/mol. The highest BCUT2D eigenvalue weighted by Crippen LogP contribution is 2.30. The van der Waals surface area contributed by atoms with Gasteiger partial charge in [-0.25, -0.2) is 15.0 Å². The fourth-order valence-electron chi connectivity index (χ4n) is 3.07. The topological polar surface area (TPSA) is 94.1 Å². The molecule has 178 valence electrons. The van der Waals surface area contributed by atoms with Crippen LogP contribution in [-0.2, 0) is 0 Å². The van der Waals surface area contributed by atoms with Crippen LogP contribution >= 0.6 is 15.9 Å². The van der Waals surface area contributed by atoms with Gasteiger partial charge in [0.2, 0.25) is 0 Å². The van der Waals surface area contributed by atoms with E-state index in [4.69, 9.17) is 9.47 Å². The Balaban J connectivity index is 1.54. The number of rotatable bonds is 7. The lowest BCUT2D eigenvalue weighted by atomic mass is 10.2. The van der Waals surface area contributed by atoms with Gasteiger partial charge in [-0.1, -0.05) is 52.3 Å². The zero-order valence-electron chi connectivity index (χ0n) is 18.8. The molecule has 8 heteroatoms. The summed E-state index contributed by atoms with van der Waals surface area (Å²) in [5, 5.41) is 3.97. The molecule has 0 saturated heterocycles. The molecule has 0 aliphatic carbocycles. The van der Waals surface area contributed by atoms with Crippen LogP contribution in [0.4, 0.5) is 0 Å². The molecule has 0 aromatic heterocycles. The van der Waals surface area contributed by atoms with Crippen molar-refractivity contribution in [1.29, 1.82) is 0 Å². The summed E-state index contributed by atoms with van der Waals surface area (Å²) in [4.78, 5) is 37.5. The number of halogens is 1. The van der Waals surface area contributed by atoms with E-state index in [1.807, 2.05) is 0 Å². The third-order valence-corrected chi connectivity index (χ3v) is 5.41. The molecule has 0 atom stereocenters. The average Bonchev–Trinajstić information content (AvgIpc) is 2.91. The van der Waals surface area contributed by atoms with Crippen molar-refractivity contribution in [1.82, 2.24) is 5.43 Å². The minimum Gasteiger partial charge on any atom is -0.419 e. The quantitative estimate of drug-likeness (QED) is 0.141. The number of carbonyl (C=O) groups excluding carboxylic acids is 3. The van der Waals surface area contributed by atoms with E-state index in [9.17, 15) is 14.4 Å². The molecule has 7 nitrogen and oxygen atoms in total. The van der Waals surface area contributed by atoms with E-state index < -0.39 is 11.9 Å². The largest absolute Gasteiger partial charge is 0.419 e. The van der Waals surface area contributed by atoms with Crippen LogP contribution in [0.2, 0.25) is 0 Å². The lowest BCUT2D eigenvalue weighted by Crippen LogP contribution is -2.17. The number of benzene rings is 4. The fourth-order valence-corrected chi connectivity index (χ4v) is 3.33. The van der Waals surface area contributed by atoms with Crippen LogP contribution < -0.4 is 14.9 Å². The Labute approximate surface area is 215 Å². The summed E-state index contributed by atoms with van der Waals surface area (Å²) in [5.41, 5.74) is 4.06. The van der Waals surface area contributed by atoms with Crippen molar-refractivity contribution in [2.24, 2.45) is 5.10 Å². The summed E-state index contributed by atoms with van der Waals surface area (Å²) < 4.78 is 11.9. The Kier molecular flexibility index (Phi) is 8.00. The Morgan fingerprint density at radius 1 is 0.667 bits per heavy atom. The summed E-state index contributed by atoms with van der Waals surface area (Å²) in [6.45, 7) is 0. The maximum Gasteiger partial charge on any atom is 0.343 e. The molecule has 4 aromatic carbocycles. The summed E-state index contributed by atoms with van der Waals surface area (Å²) in [6.07, 6.45) is 1.39. The van der Waals surface area contributed by atoms with Gasteiger partial charge in [-0.15, -0.1) is 0 Å². The van der Waals surface area contributed by atoms with E-state index in [0.717, 1.165) is 4.47 Å². The highest BCUT2D eigenvalue weighted by atomic mass is 79.9. The molecule has 0 saturated carbocycles. The first-order valence-electron chi connectivity index (χ1n) is 10.8. The number of ether oxygens (including phenoxy) is 2. The molecule has 36 heavy (non-hydrogen) atoms. The van der Waals surface area contributed by atoms with E-state index in [0.29, 0.717) is 22.3 Å². The number of esters is 2. The van der Waals surface area contributed by atoms with Gasteiger partial charge in [-0.2, -0.15) is 5.10 Å². The van der Waals surface area contributed by atoms with E-state index in [1.54, 1.807) is 91.0 Å². The average molecular weight is 543 g/mol. The van der Waals surface area contributed by atoms with Crippen LogP contribution in [0, 0.1) is 0 Å². The summed E-state index contributed by atoms with van der Waals surface area (Å²) >= 11 is 3.32. The number of nitrogens with zero attached hydrogens (tertiary/aromatic N) is 1. The molecule has 0 spiro atoms. The zero-order chi connectivity index (χ0) is 25.3. The van der Waals surface area contributed by atoms with Gasteiger partial charge < -0.3 is 9.47 Å². The molecule has 0 unspecified atom stereocenters. The number of hydrogen-bond donors (Lipinski definition) is 1. The van der Waals surface area contributed by atoms with Crippen molar-refractivity contribution < 1.29 is 23.9 Å². The molecule has 4 rings (SSSR count). The third-order valence-electron chi connectivity index (χ3n) is 4.88. The maximum atomic E-state index is 12.7. The van der Waals surface area contributed by atoms with E-state index >= 15 is 0 Å². The van der Waals surface area contributed by atoms with E-state index in [2.05, 4.69) is 26.5 Å². The van der Waals surface area contributed by atoms with Crippen LogP contribution in [0.15, 0.2) is 113 Å². The van der Waals surface area contributed by atoms with Crippen LogP contribution in [-0.4, -0.2) is 24.1 Å². The lowest BCUT2D eigenvalue weighted by Gasteiger charge is -2.11. The van der Waals surface area contributed by atoms with Gasteiger partial charge >= 0.3 is 11.9 Å². The molecule has 0 heterocycles. The molecule has 0 aliphatic heterocycles. The summed E-state index contributed by atoms with van der Waals surface area (Å²) in [7, 11) is 0. The Morgan fingerprint density at radius 2 is 1.22 bits per heavy atom. The highest BCUT2D eigenvalue weighted by Gasteiger charge is 2.17. The van der Waals surface area contributed by atoms with Gasteiger partial charge in [-0.3, -0.25) is 4.79 Å². The molecule has 0 bridgehead atoms. The molecule has 1 N–H and O–H groups in total. The van der Waals surface area contributed by atoms with Crippen LogP contribution in [0.1, 0.15) is 36.6 Å². The van der Waals surface area contributed by atoms with Gasteiger partial charge in [0.25, 0.3) is 5.91 Å². The summed E-state index contributed by atoms with van der Waals surface area (Å²) in [5.74, 6) is -1.52. The fraction of sp³-hybridized carbons (Fsp3) is 0. The zero-order valence-corrected chi connectivity index (χ0v) is 20.3. The predicted octanol–water partition coefficient (Wildman–Crippen LogP) is 5.65. The van der Waals surface area contributed by atoms with Gasteiger partial charge in [0.05, 0.1) is 17.3 Å². The van der Waals surface area contributed by atoms with Gasteiger partial charge in [0.1, 0.15) is 0 Å². The van der Waals surface area contributed by atoms with E-state index in [-0.39, 0.29) is 17.4 Å². The molecule has 0 radical (unpaired) electrons. The summed E-state index contributed by atoms with van der Waals surface area (Å²) in [6, 6.07) is 28.3. The van der Waals surface area contributed by atoms with Gasteiger partial charge in [-0.05, 0) is 72.3 Å². The minimum atomic E-state index is -0.620. The first-order valence-corrected chi connectivity index (χ1v) is 11.6. The number of nitrogens with one attached hydrogen (secondary N) is 1. The number of amides is 1. The van der Waals surface area contributed by atoms with Gasteiger partial charge in [0.15, 0.2) is 11.5 Å². The number of hydrazone groups is 1. The van der Waals surface area contributed by atoms with Crippen molar-refractivity contribution in [3.05, 3.63) is 130 Å². The molecule has 0 aliphatic rings. The van der Waals surface area contributed by atoms with Crippen LogP contribution in [0.3, 0.4) is 0 Å². The second-order valence-electron chi connectivity index (χ2n) is 7.42. The lowest BCUT2D eigenvalue weighted by molar-refractivity contribution is 0.0682. The standard InChI is InChI=1S/C28H19BrN2O5/c29-23-14-12-20(13-15-23)26(32)31-30-18-19-11-16-24(35-27(33)21-7-3-1-4-8-21)25(17-19)36-28(34)22-9-5-2-6-10-22/h1-18H,(H,31,32)/b30-18+. The Morgan fingerprint density at radius 3 is 1.81 bits per heavy atom. The van der Waals surface area contributed by atoms with Crippen LogP contribution in [0.5, 0.6) is 11.5 Å². The van der Waals surface area contributed by atoms with Crippen molar-refractivity contribution in [2.45, 2.75) is 0 Å². The number of hydrogen-bond acceptors (Lipinski definition) is 6. The first kappa shape index (κ1) is 24.6. The monoisotopic (exact) mass is 542 g/mol.